The first-order valence-corrected chi connectivity index (χ1v) is 9.04. The number of rotatable bonds is 4. The van der Waals surface area contributed by atoms with Crippen LogP contribution in [-0.4, -0.2) is 32.8 Å². The van der Waals surface area contributed by atoms with Crippen LogP contribution in [-0.2, 0) is 4.79 Å². The van der Waals surface area contributed by atoms with Crippen molar-refractivity contribution >= 4 is 23.2 Å². The normalized spacial score (nSPS) is 16.8. The molecule has 0 radical (unpaired) electrons. The summed E-state index contributed by atoms with van der Waals surface area (Å²) < 4.78 is 10.7. The Kier molecular flexibility index (Phi) is 3.98. The summed E-state index contributed by atoms with van der Waals surface area (Å²) in [4.78, 5) is 18.6. The fraction of sp³-hybridized carbons (Fsp3) is 0.158. The van der Waals surface area contributed by atoms with E-state index < -0.39 is 0 Å². The van der Waals surface area contributed by atoms with Crippen LogP contribution in [0.25, 0.3) is 23.0 Å². The van der Waals surface area contributed by atoms with Gasteiger partial charge in [-0.05, 0) is 36.4 Å². The van der Waals surface area contributed by atoms with Crippen molar-refractivity contribution in [1.82, 2.24) is 20.3 Å². The number of nitrogens with one attached hydrogen (secondary N) is 1. The van der Waals surface area contributed by atoms with Crippen LogP contribution in [0.1, 0.15) is 18.2 Å². The maximum Gasteiger partial charge on any atom is 0.275 e. The number of carbonyl (C=O) groups is 1. The zero-order chi connectivity index (χ0) is 19.1. The van der Waals surface area contributed by atoms with Gasteiger partial charge in [-0.3, -0.25) is 9.89 Å². The smallest absolute Gasteiger partial charge is 0.275 e. The van der Waals surface area contributed by atoms with Gasteiger partial charge >= 0.3 is 0 Å². The Morgan fingerprint density at radius 2 is 2.07 bits per heavy atom. The molecule has 9 heteroatoms. The van der Waals surface area contributed by atoms with Gasteiger partial charge in [0.25, 0.3) is 5.89 Å². The first-order chi connectivity index (χ1) is 13.7. The molecule has 1 atom stereocenters. The molecule has 5 rings (SSSR count). The van der Waals surface area contributed by atoms with E-state index in [-0.39, 0.29) is 11.8 Å². The Bertz CT molecular complexity index is 1120. The lowest BCUT2D eigenvalue weighted by Crippen LogP contribution is -2.24. The van der Waals surface area contributed by atoms with Crippen molar-refractivity contribution < 1.29 is 13.7 Å². The molecule has 0 saturated carbocycles. The summed E-state index contributed by atoms with van der Waals surface area (Å²) in [7, 11) is 0. The fourth-order valence-corrected chi connectivity index (χ4v) is 3.37. The van der Waals surface area contributed by atoms with Crippen LogP contribution >= 0.6 is 11.6 Å². The van der Waals surface area contributed by atoms with Gasteiger partial charge in [0.15, 0.2) is 11.6 Å². The molecule has 1 unspecified atom stereocenters. The lowest BCUT2D eigenvalue weighted by atomic mass is 10.1. The van der Waals surface area contributed by atoms with Gasteiger partial charge in [0.2, 0.25) is 5.91 Å². The predicted molar refractivity (Wildman–Crippen MR) is 101 cm³/mol. The molecular formula is C19H14ClN5O3. The Balaban J connectivity index is 1.35. The van der Waals surface area contributed by atoms with Crippen LogP contribution in [0.4, 0.5) is 5.69 Å². The lowest BCUT2D eigenvalue weighted by molar-refractivity contribution is -0.117. The minimum atomic E-state index is -0.145. The lowest BCUT2D eigenvalue weighted by Gasteiger charge is -2.16. The number of anilines is 1. The largest absolute Gasteiger partial charge is 0.463 e. The Labute approximate surface area is 164 Å². The number of halogens is 1. The second-order valence-corrected chi connectivity index (χ2v) is 6.92. The summed E-state index contributed by atoms with van der Waals surface area (Å²) in [5, 5.41) is 11.8. The third-order valence-electron chi connectivity index (χ3n) is 4.65. The summed E-state index contributed by atoms with van der Waals surface area (Å²) in [6.45, 7) is 0.486. The Morgan fingerprint density at radius 1 is 1.21 bits per heavy atom. The molecule has 140 valence electrons. The summed E-state index contributed by atoms with van der Waals surface area (Å²) >= 11 is 5.92. The molecule has 1 fully saturated rings. The average Bonchev–Trinajstić information content (AvgIpc) is 3.47. The van der Waals surface area contributed by atoms with E-state index in [9.17, 15) is 4.79 Å². The topological polar surface area (TPSA) is 101 Å². The highest BCUT2D eigenvalue weighted by Gasteiger charge is 2.34. The average molecular weight is 396 g/mol. The maximum atomic E-state index is 12.4. The maximum absolute atomic E-state index is 12.4. The van der Waals surface area contributed by atoms with Crippen LogP contribution < -0.4 is 4.90 Å². The molecule has 4 heterocycles. The van der Waals surface area contributed by atoms with Crippen molar-refractivity contribution in [2.24, 2.45) is 0 Å². The molecule has 1 saturated heterocycles. The summed E-state index contributed by atoms with van der Waals surface area (Å²) in [5.74, 6) is 1.32. The van der Waals surface area contributed by atoms with Crippen molar-refractivity contribution in [3.63, 3.8) is 0 Å². The minimum Gasteiger partial charge on any atom is -0.463 e. The zero-order valence-corrected chi connectivity index (χ0v) is 15.3. The first-order valence-electron chi connectivity index (χ1n) is 8.66. The van der Waals surface area contributed by atoms with E-state index >= 15 is 0 Å². The molecule has 1 aliphatic rings. The molecule has 1 N–H and O–H groups in total. The van der Waals surface area contributed by atoms with E-state index in [1.165, 1.54) is 0 Å². The van der Waals surface area contributed by atoms with E-state index in [1.54, 1.807) is 35.4 Å². The Morgan fingerprint density at radius 3 is 2.86 bits per heavy atom. The van der Waals surface area contributed by atoms with Gasteiger partial charge in [0, 0.05) is 35.7 Å². The highest BCUT2D eigenvalue weighted by atomic mass is 35.5. The predicted octanol–water partition coefficient (Wildman–Crippen LogP) is 3.89. The van der Waals surface area contributed by atoms with E-state index in [4.69, 9.17) is 20.5 Å². The number of aromatic nitrogens is 4. The van der Waals surface area contributed by atoms with Crippen LogP contribution in [0.5, 0.6) is 0 Å². The van der Waals surface area contributed by atoms with Crippen LogP contribution in [0.15, 0.2) is 57.7 Å². The number of aromatic amines is 1. The number of hydrogen-bond donors (Lipinski definition) is 1. The van der Waals surface area contributed by atoms with Gasteiger partial charge < -0.3 is 13.8 Å². The van der Waals surface area contributed by atoms with Crippen molar-refractivity contribution in [1.29, 1.82) is 0 Å². The highest BCUT2D eigenvalue weighted by Crippen LogP contribution is 2.32. The van der Waals surface area contributed by atoms with E-state index in [0.29, 0.717) is 46.9 Å². The molecule has 4 aromatic rings. The molecule has 1 amide bonds. The SMILES string of the molecule is O=C1CC(c2noc(-c3cc(-c4ccco4)n[nH]3)n2)CN1c1ccc(Cl)cc1. The van der Waals surface area contributed by atoms with E-state index in [0.717, 1.165) is 5.69 Å². The minimum absolute atomic E-state index is 0.0142. The number of hydrogen-bond acceptors (Lipinski definition) is 6. The van der Waals surface area contributed by atoms with Gasteiger partial charge in [-0.25, -0.2) is 0 Å². The summed E-state index contributed by atoms with van der Waals surface area (Å²) in [6, 6.07) is 12.6. The molecular weight excluding hydrogens is 382 g/mol. The van der Waals surface area contributed by atoms with Gasteiger partial charge in [-0.2, -0.15) is 10.1 Å². The van der Waals surface area contributed by atoms with Gasteiger partial charge in [-0.1, -0.05) is 16.8 Å². The molecule has 1 aliphatic heterocycles. The number of furan rings is 1. The third-order valence-corrected chi connectivity index (χ3v) is 4.90. The molecule has 3 aromatic heterocycles. The number of H-pyrrole nitrogens is 1. The van der Waals surface area contributed by atoms with Gasteiger partial charge in [-0.15, -0.1) is 0 Å². The Hall–Kier alpha value is -3.39. The quantitative estimate of drug-likeness (QED) is 0.562. The summed E-state index contributed by atoms with van der Waals surface area (Å²) in [6.07, 6.45) is 1.90. The monoisotopic (exact) mass is 395 g/mol. The number of carbonyl (C=O) groups excluding carboxylic acids is 1. The van der Waals surface area contributed by atoms with Crippen molar-refractivity contribution in [2.45, 2.75) is 12.3 Å². The molecule has 28 heavy (non-hydrogen) atoms. The molecule has 0 bridgehead atoms. The van der Waals surface area contributed by atoms with Crippen LogP contribution in [0.3, 0.4) is 0 Å². The molecule has 1 aromatic carbocycles. The number of amides is 1. The molecule has 0 aliphatic carbocycles. The van der Waals surface area contributed by atoms with Crippen LogP contribution in [0, 0.1) is 0 Å². The molecule has 8 nitrogen and oxygen atoms in total. The third kappa shape index (κ3) is 2.97. The van der Waals surface area contributed by atoms with Crippen molar-refractivity contribution in [2.75, 3.05) is 11.4 Å². The standard InChI is InChI=1S/C19H14ClN5O3/c20-12-3-5-13(6-4-12)25-10-11(8-17(25)26)18-21-19(28-24-18)15-9-14(22-23-15)16-2-1-7-27-16/h1-7,9,11H,8,10H2,(H,22,23). The first kappa shape index (κ1) is 16.8. The zero-order valence-electron chi connectivity index (χ0n) is 14.5. The van der Waals surface area contributed by atoms with Crippen molar-refractivity contribution in [3.05, 3.63) is 59.6 Å². The highest BCUT2D eigenvalue weighted by molar-refractivity contribution is 6.30. The summed E-state index contributed by atoms with van der Waals surface area (Å²) in [5.41, 5.74) is 2.03. The van der Waals surface area contributed by atoms with Gasteiger partial charge in [0.05, 0.1) is 6.26 Å². The second kappa shape index (κ2) is 6.65. The van der Waals surface area contributed by atoms with E-state index in [2.05, 4.69) is 20.3 Å². The molecule has 0 spiro atoms. The van der Waals surface area contributed by atoms with Gasteiger partial charge in [0.1, 0.15) is 11.4 Å². The second-order valence-electron chi connectivity index (χ2n) is 6.48. The van der Waals surface area contributed by atoms with Crippen molar-refractivity contribution in [3.8, 4) is 23.0 Å². The van der Waals surface area contributed by atoms with E-state index in [1.807, 2.05) is 18.2 Å². The van der Waals surface area contributed by atoms with Crippen LogP contribution in [0.2, 0.25) is 5.02 Å². The fourth-order valence-electron chi connectivity index (χ4n) is 3.24. The number of benzene rings is 1. The number of nitrogens with zero attached hydrogens (tertiary/aromatic N) is 4.